The molecule has 24 heavy (non-hydrogen) atoms. The second-order valence-corrected chi connectivity index (χ2v) is 7.55. The van der Waals surface area contributed by atoms with E-state index >= 15 is 0 Å². The molecule has 0 bridgehead atoms. The van der Waals surface area contributed by atoms with Crippen LogP contribution in [0.1, 0.15) is 39.5 Å². The highest BCUT2D eigenvalue weighted by Crippen LogP contribution is 2.24. The normalized spacial score (nSPS) is 14.3. The number of nitrogens with zero attached hydrogens (tertiary/aromatic N) is 1. The van der Waals surface area contributed by atoms with E-state index in [0.717, 1.165) is 4.88 Å². The van der Waals surface area contributed by atoms with Gasteiger partial charge in [-0.15, -0.1) is 35.3 Å². The number of carbonyl (C=O) groups excluding carboxylic acids is 1. The van der Waals surface area contributed by atoms with Gasteiger partial charge in [0.1, 0.15) is 12.1 Å². The van der Waals surface area contributed by atoms with Gasteiger partial charge in [0.15, 0.2) is 5.96 Å². The smallest absolute Gasteiger partial charge is 0.242 e. The third-order valence-corrected chi connectivity index (χ3v) is 4.01. The second kappa shape index (κ2) is 10.2. The van der Waals surface area contributed by atoms with Crippen LogP contribution in [0.25, 0.3) is 0 Å². The van der Waals surface area contributed by atoms with Crippen molar-refractivity contribution < 1.29 is 9.90 Å². The van der Waals surface area contributed by atoms with Crippen molar-refractivity contribution in [3.63, 3.8) is 0 Å². The van der Waals surface area contributed by atoms with Crippen LogP contribution in [0.4, 0.5) is 0 Å². The molecule has 1 atom stereocenters. The number of nitrogens with one attached hydrogen (secondary N) is 3. The Morgan fingerprint density at radius 1 is 1.29 bits per heavy atom. The van der Waals surface area contributed by atoms with Crippen LogP contribution in [0.2, 0.25) is 0 Å². The molecule has 0 fully saturated rings. The Morgan fingerprint density at radius 2 is 1.96 bits per heavy atom. The van der Waals surface area contributed by atoms with Crippen LogP contribution in [0.15, 0.2) is 22.5 Å². The number of aliphatic imine (C=N–C) groups is 1. The summed E-state index contributed by atoms with van der Waals surface area (Å²) in [6.45, 7) is 10.5. The lowest BCUT2D eigenvalue weighted by Crippen LogP contribution is -2.45. The Balaban J connectivity index is 0.00000529. The van der Waals surface area contributed by atoms with E-state index in [1.807, 2.05) is 45.2 Å². The first kappa shape index (κ1) is 23.1. The molecule has 138 valence electrons. The van der Waals surface area contributed by atoms with Crippen LogP contribution in [0.5, 0.6) is 0 Å². The Kier molecular flexibility index (Phi) is 9.83. The van der Waals surface area contributed by atoms with Crippen LogP contribution < -0.4 is 16.0 Å². The van der Waals surface area contributed by atoms with Gasteiger partial charge in [0.2, 0.25) is 5.91 Å². The first-order valence-electron chi connectivity index (χ1n) is 7.73. The summed E-state index contributed by atoms with van der Waals surface area (Å²) < 4.78 is 0. The second-order valence-electron chi connectivity index (χ2n) is 6.60. The number of carbonyl (C=O) groups is 1. The minimum Gasteiger partial charge on any atom is -0.383 e. The first-order chi connectivity index (χ1) is 10.6. The molecule has 0 saturated carbocycles. The van der Waals surface area contributed by atoms with Crippen molar-refractivity contribution in [2.45, 2.75) is 45.8 Å². The number of amides is 1. The Bertz CT molecular complexity index is 525. The first-order valence-corrected chi connectivity index (χ1v) is 8.61. The molecule has 1 heterocycles. The minimum absolute atomic E-state index is 0. The van der Waals surface area contributed by atoms with E-state index in [9.17, 15) is 9.90 Å². The largest absolute Gasteiger partial charge is 0.383 e. The zero-order valence-corrected chi connectivity index (χ0v) is 18.1. The van der Waals surface area contributed by atoms with Gasteiger partial charge in [-0.25, -0.2) is 4.99 Å². The van der Waals surface area contributed by atoms with Gasteiger partial charge in [0, 0.05) is 17.0 Å². The maximum atomic E-state index is 11.8. The van der Waals surface area contributed by atoms with E-state index in [1.54, 1.807) is 6.92 Å². The van der Waals surface area contributed by atoms with E-state index in [0.29, 0.717) is 19.0 Å². The molecule has 0 radical (unpaired) electrons. The predicted octanol–water partition coefficient (Wildman–Crippen LogP) is 2.04. The number of rotatable bonds is 6. The SMILES string of the molecule is CCNC(=NCC(=O)NC(C)(C)C)NCC(C)(O)c1cccs1.I. The van der Waals surface area contributed by atoms with Crippen molar-refractivity contribution in [2.75, 3.05) is 19.6 Å². The summed E-state index contributed by atoms with van der Waals surface area (Å²) in [7, 11) is 0. The van der Waals surface area contributed by atoms with Gasteiger partial charge in [0.05, 0.1) is 6.54 Å². The van der Waals surface area contributed by atoms with Gasteiger partial charge in [0.25, 0.3) is 0 Å². The van der Waals surface area contributed by atoms with E-state index < -0.39 is 5.60 Å². The standard InChI is InChI=1S/C16H28N4O2S.HI/c1-6-17-14(18-10-13(21)20-15(2,3)4)19-11-16(5,22)12-8-7-9-23-12;/h7-9,22H,6,10-11H2,1-5H3,(H,20,21)(H2,17,18,19);1H. The van der Waals surface area contributed by atoms with Crippen molar-refractivity contribution >= 4 is 47.2 Å². The average molecular weight is 468 g/mol. The van der Waals surface area contributed by atoms with Gasteiger partial charge in [-0.05, 0) is 46.1 Å². The maximum absolute atomic E-state index is 11.8. The Hall–Kier alpha value is -0.870. The molecule has 1 amide bonds. The van der Waals surface area contributed by atoms with Crippen LogP contribution in [0, 0.1) is 0 Å². The number of hydrogen-bond acceptors (Lipinski definition) is 4. The van der Waals surface area contributed by atoms with Crippen LogP contribution >= 0.6 is 35.3 Å². The van der Waals surface area contributed by atoms with Gasteiger partial charge in [-0.1, -0.05) is 6.07 Å². The highest BCUT2D eigenvalue weighted by Gasteiger charge is 2.24. The molecule has 4 N–H and O–H groups in total. The molecule has 1 aromatic rings. The zero-order valence-electron chi connectivity index (χ0n) is 15.0. The fraction of sp³-hybridized carbons (Fsp3) is 0.625. The summed E-state index contributed by atoms with van der Waals surface area (Å²) in [5.41, 5.74) is -1.26. The lowest BCUT2D eigenvalue weighted by atomic mass is 10.1. The molecular weight excluding hydrogens is 439 g/mol. The summed E-state index contributed by atoms with van der Waals surface area (Å²) in [5.74, 6) is 0.369. The monoisotopic (exact) mass is 468 g/mol. The van der Waals surface area contributed by atoms with Gasteiger partial charge < -0.3 is 21.1 Å². The summed E-state index contributed by atoms with van der Waals surface area (Å²) in [6, 6.07) is 3.80. The molecule has 6 nitrogen and oxygen atoms in total. The van der Waals surface area contributed by atoms with E-state index in [4.69, 9.17) is 0 Å². The predicted molar refractivity (Wildman–Crippen MR) is 111 cm³/mol. The third-order valence-electron chi connectivity index (χ3n) is 2.89. The number of halogens is 1. The highest BCUT2D eigenvalue weighted by molar-refractivity contribution is 14.0. The number of thiophene rings is 1. The fourth-order valence-corrected chi connectivity index (χ4v) is 2.67. The maximum Gasteiger partial charge on any atom is 0.242 e. The Morgan fingerprint density at radius 3 is 2.46 bits per heavy atom. The Labute approximate surface area is 165 Å². The summed E-state index contributed by atoms with van der Waals surface area (Å²) in [6.07, 6.45) is 0. The molecule has 0 aliphatic carbocycles. The average Bonchev–Trinajstić information content (AvgIpc) is 2.95. The number of aliphatic hydroxyl groups is 1. The molecule has 0 spiro atoms. The zero-order chi connectivity index (χ0) is 17.5. The van der Waals surface area contributed by atoms with Gasteiger partial charge in [-0.3, -0.25) is 4.79 Å². The van der Waals surface area contributed by atoms with Crippen LogP contribution in [-0.4, -0.2) is 42.1 Å². The van der Waals surface area contributed by atoms with Crippen LogP contribution in [-0.2, 0) is 10.4 Å². The highest BCUT2D eigenvalue weighted by atomic mass is 127. The van der Waals surface area contributed by atoms with E-state index in [-0.39, 0.29) is 42.0 Å². The molecule has 8 heteroatoms. The summed E-state index contributed by atoms with van der Waals surface area (Å²) >= 11 is 1.51. The lowest BCUT2D eigenvalue weighted by molar-refractivity contribution is -0.121. The molecule has 0 saturated heterocycles. The third kappa shape index (κ3) is 8.84. The number of guanidine groups is 1. The summed E-state index contributed by atoms with van der Waals surface area (Å²) in [4.78, 5) is 17.0. The van der Waals surface area contributed by atoms with Crippen molar-refractivity contribution in [3.05, 3.63) is 22.4 Å². The van der Waals surface area contributed by atoms with Crippen molar-refractivity contribution in [1.29, 1.82) is 0 Å². The molecule has 1 rings (SSSR count). The topological polar surface area (TPSA) is 85.8 Å². The number of hydrogen-bond donors (Lipinski definition) is 4. The molecular formula is C16H29IN4O2S. The minimum atomic E-state index is -0.988. The molecule has 1 aromatic heterocycles. The summed E-state index contributed by atoms with van der Waals surface area (Å²) in [5, 5.41) is 21.5. The lowest BCUT2D eigenvalue weighted by Gasteiger charge is -2.24. The molecule has 0 aromatic carbocycles. The molecule has 0 aliphatic rings. The van der Waals surface area contributed by atoms with E-state index in [1.165, 1.54) is 11.3 Å². The molecule has 0 aliphatic heterocycles. The van der Waals surface area contributed by atoms with E-state index in [2.05, 4.69) is 20.9 Å². The van der Waals surface area contributed by atoms with Gasteiger partial charge in [-0.2, -0.15) is 0 Å². The van der Waals surface area contributed by atoms with Crippen molar-refractivity contribution in [1.82, 2.24) is 16.0 Å². The quantitative estimate of drug-likeness (QED) is 0.293. The van der Waals surface area contributed by atoms with Crippen molar-refractivity contribution in [2.24, 2.45) is 4.99 Å². The van der Waals surface area contributed by atoms with Gasteiger partial charge >= 0.3 is 0 Å². The fourth-order valence-electron chi connectivity index (χ4n) is 1.88. The molecule has 1 unspecified atom stereocenters. The van der Waals surface area contributed by atoms with Crippen LogP contribution in [0.3, 0.4) is 0 Å². The van der Waals surface area contributed by atoms with Crippen molar-refractivity contribution in [3.8, 4) is 0 Å².